The first kappa shape index (κ1) is 18.2. The van der Waals surface area contributed by atoms with Crippen molar-refractivity contribution in [3.05, 3.63) is 29.3 Å². The SMILES string of the molecule is CN(C)CC(=O)N1CCc2cc(OCCN3CCCCC3)ccc2C1. The third-order valence-electron chi connectivity index (χ3n) is 5.12. The van der Waals surface area contributed by atoms with Crippen molar-refractivity contribution in [2.24, 2.45) is 0 Å². The molecule has 0 aromatic heterocycles. The molecule has 5 nitrogen and oxygen atoms in total. The van der Waals surface area contributed by atoms with E-state index in [0.717, 1.165) is 38.4 Å². The molecule has 0 N–H and O–H groups in total. The van der Waals surface area contributed by atoms with Crippen LogP contribution in [0.1, 0.15) is 30.4 Å². The van der Waals surface area contributed by atoms with Gasteiger partial charge in [-0.3, -0.25) is 9.69 Å². The highest BCUT2D eigenvalue weighted by atomic mass is 16.5. The Kier molecular flexibility index (Phi) is 6.32. The standard InChI is InChI=1S/C20H31N3O2/c1-21(2)16-20(24)23-11-8-17-14-19(7-6-18(17)15-23)25-13-12-22-9-4-3-5-10-22/h6-7,14H,3-5,8-13,15-16H2,1-2H3. The zero-order chi connectivity index (χ0) is 17.6. The molecule has 0 bridgehead atoms. The van der Waals surface area contributed by atoms with Gasteiger partial charge >= 0.3 is 0 Å². The lowest BCUT2D eigenvalue weighted by Crippen LogP contribution is -2.40. The number of fused-ring (bicyclic) bond motifs is 1. The summed E-state index contributed by atoms with van der Waals surface area (Å²) in [5.41, 5.74) is 2.58. The van der Waals surface area contributed by atoms with E-state index in [4.69, 9.17) is 4.74 Å². The maximum atomic E-state index is 12.2. The van der Waals surface area contributed by atoms with Crippen molar-refractivity contribution in [2.75, 3.05) is 53.4 Å². The van der Waals surface area contributed by atoms with E-state index in [9.17, 15) is 4.79 Å². The van der Waals surface area contributed by atoms with Gasteiger partial charge in [-0.25, -0.2) is 0 Å². The van der Waals surface area contributed by atoms with Gasteiger partial charge in [0.05, 0.1) is 6.54 Å². The van der Waals surface area contributed by atoms with Gasteiger partial charge in [-0.05, 0) is 69.7 Å². The number of rotatable bonds is 6. The number of nitrogens with zero attached hydrogens (tertiary/aromatic N) is 3. The van der Waals surface area contributed by atoms with Gasteiger partial charge in [-0.15, -0.1) is 0 Å². The van der Waals surface area contributed by atoms with Gasteiger partial charge in [0.2, 0.25) is 5.91 Å². The molecule has 1 amide bonds. The van der Waals surface area contributed by atoms with Gasteiger partial charge in [0.15, 0.2) is 0 Å². The predicted molar refractivity (Wildman–Crippen MR) is 99.9 cm³/mol. The van der Waals surface area contributed by atoms with E-state index in [0.29, 0.717) is 6.54 Å². The van der Waals surface area contributed by atoms with Gasteiger partial charge in [-0.1, -0.05) is 12.5 Å². The second kappa shape index (κ2) is 8.68. The first-order chi connectivity index (χ1) is 12.1. The molecule has 0 aliphatic carbocycles. The van der Waals surface area contributed by atoms with E-state index in [2.05, 4.69) is 23.1 Å². The molecule has 0 unspecified atom stereocenters. The number of carbonyl (C=O) groups is 1. The maximum Gasteiger partial charge on any atom is 0.237 e. The van der Waals surface area contributed by atoms with Crippen molar-refractivity contribution in [3.8, 4) is 5.75 Å². The van der Waals surface area contributed by atoms with Crippen LogP contribution in [-0.4, -0.2) is 74.0 Å². The van der Waals surface area contributed by atoms with Crippen LogP contribution < -0.4 is 4.74 Å². The summed E-state index contributed by atoms with van der Waals surface area (Å²) in [5, 5.41) is 0. The molecule has 0 saturated carbocycles. The molecular weight excluding hydrogens is 314 g/mol. The van der Waals surface area contributed by atoms with E-state index in [1.807, 2.05) is 23.9 Å². The molecule has 1 aromatic rings. The third kappa shape index (κ3) is 5.19. The van der Waals surface area contributed by atoms with E-state index < -0.39 is 0 Å². The Morgan fingerprint density at radius 3 is 2.68 bits per heavy atom. The molecule has 1 aromatic carbocycles. The second-order valence-electron chi connectivity index (χ2n) is 7.48. The average Bonchev–Trinajstić information content (AvgIpc) is 2.61. The number of carbonyl (C=O) groups excluding carboxylic acids is 1. The molecular formula is C20H31N3O2. The fraction of sp³-hybridized carbons (Fsp3) is 0.650. The highest BCUT2D eigenvalue weighted by Gasteiger charge is 2.21. The number of hydrogen-bond donors (Lipinski definition) is 0. The average molecular weight is 345 g/mol. The number of likely N-dealkylation sites (tertiary alicyclic amines) is 1. The Morgan fingerprint density at radius 1 is 1.12 bits per heavy atom. The molecule has 2 aliphatic heterocycles. The molecule has 2 aliphatic rings. The first-order valence-corrected chi connectivity index (χ1v) is 9.51. The summed E-state index contributed by atoms with van der Waals surface area (Å²) in [7, 11) is 3.87. The Hall–Kier alpha value is -1.59. The summed E-state index contributed by atoms with van der Waals surface area (Å²) in [4.78, 5) is 18.6. The first-order valence-electron chi connectivity index (χ1n) is 9.51. The predicted octanol–water partition coefficient (Wildman–Crippen LogP) is 2.00. The van der Waals surface area contributed by atoms with Crippen molar-refractivity contribution in [3.63, 3.8) is 0 Å². The Labute approximate surface area is 151 Å². The van der Waals surface area contributed by atoms with Gasteiger partial charge < -0.3 is 14.5 Å². The maximum absolute atomic E-state index is 12.2. The van der Waals surface area contributed by atoms with Gasteiger partial charge in [0, 0.05) is 19.6 Å². The molecule has 5 heteroatoms. The minimum absolute atomic E-state index is 0.206. The van der Waals surface area contributed by atoms with Crippen LogP contribution in [0.3, 0.4) is 0 Å². The Balaban J connectivity index is 1.50. The number of hydrogen-bond acceptors (Lipinski definition) is 4. The van der Waals surface area contributed by atoms with Crippen molar-refractivity contribution in [1.29, 1.82) is 0 Å². The Morgan fingerprint density at radius 2 is 1.92 bits per heavy atom. The normalized spacial score (nSPS) is 18.3. The molecule has 0 spiro atoms. The molecule has 0 atom stereocenters. The highest BCUT2D eigenvalue weighted by Crippen LogP contribution is 2.24. The van der Waals surface area contributed by atoms with Crippen LogP contribution in [-0.2, 0) is 17.8 Å². The van der Waals surface area contributed by atoms with Crippen LogP contribution in [0.5, 0.6) is 5.75 Å². The van der Waals surface area contributed by atoms with Crippen LogP contribution in [0.15, 0.2) is 18.2 Å². The quantitative estimate of drug-likeness (QED) is 0.790. The molecule has 3 rings (SSSR count). The summed E-state index contributed by atoms with van der Waals surface area (Å²) >= 11 is 0. The van der Waals surface area contributed by atoms with Gasteiger partial charge in [0.1, 0.15) is 12.4 Å². The summed E-state index contributed by atoms with van der Waals surface area (Å²) in [6.45, 7) is 6.20. The van der Waals surface area contributed by atoms with Crippen LogP contribution in [0.25, 0.3) is 0 Å². The van der Waals surface area contributed by atoms with Crippen molar-refractivity contribution in [1.82, 2.24) is 14.7 Å². The van der Waals surface area contributed by atoms with E-state index in [-0.39, 0.29) is 5.91 Å². The summed E-state index contributed by atoms with van der Waals surface area (Å²) in [5.74, 6) is 1.17. The smallest absolute Gasteiger partial charge is 0.237 e. The van der Waals surface area contributed by atoms with Crippen LogP contribution in [0.2, 0.25) is 0 Å². The Bertz CT molecular complexity index is 582. The fourth-order valence-corrected chi connectivity index (χ4v) is 3.68. The van der Waals surface area contributed by atoms with Crippen LogP contribution in [0.4, 0.5) is 0 Å². The molecule has 25 heavy (non-hydrogen) atoms. The van der Waals surface area contributed by atoms with Gasteiger partial charge in [0.25, 0.3) is 0 Å². The summed E-state index contributed by atoms with van der Waals surface area (Å²) < 4.78 is 5.97. The minimum Gasteiger partial charge on any atom is -0.492 e. The zero-order valence-electron chi connectivity index (χ0n) is 15.7. The molecule has 1 fully saturated rings. The van der Waals surface area contributed by atoms with E-state index in [1.54, 1.807) is 0 Å². The van der Waals surface area contributed by atoms with E-state index in [1.165, 1.54) is 43.5 Å². The summed E-state index contributed by atoms with van der Waals surface area (Å²) in [6.07, 6.45) is 4.93. The lowest BCUT2D eigenvalue weighted by molar-refractivity contribution is -0.132. The molecule has 2 heterocycles. The number of piperidine rings is 1. The molecule has 138 valence electrons. The van der Waals surface area contributed by atoms with Crippen molar-refractivity contribution < 1.29 is 9.53 Å². The highest BCUT2D eigenvalue weighted by molar-refractivity contribution is 5.78. The lowest BCUT2D eigenvalue weighted by Gasteiger charge is -2.30. The number of ether oxygens (including phenoxy) is 1. The number of benzene rings is 1. The largest absolute Gasteiger partial charge is 0.492 e. The van der Waals surface area contributed by atoms with Gasteiger partial charge in [-0.2, -0.15) is 0 Å². The number of amides is 1. The monoisotopic (exact) mass is 345 g/mol. The lowest BCUT2D eigenvalue weighted by atomic mass is 9.99. The van der Waals surface area contributed by atoms with Crippen molar-refractivity contribution >= 4 is 5.91 Å². The minimum atomic E-state index is 0.206. The van der Waals surface area contributed by atoms with Crippen LogP contribution >= 0.6 is 0 Å². The van der Waals surface area contributed by atoms with Crippen LogP contribution in [0, 0.1) is 0 Å². The number of likely N-dealkylation sites (N-methyl/N-ethyl adjacent to an activating group) is 1. The second-order valence-corrected chi connectivity index (χ2v) is 7.48. The van der Waals surface area contributed by atoms with Crippen molar-refractivity contribution in [2.45, 2.75) is 32.2 Å². The summed E-state index contributed by atoms with van der Waals surface area (Å²) in [6, 6.07) is 6.34. The zero-order valence-corrected chi connectivity index (χ0v) is 15.7. The fourth-order valence-electron chi connectivity index (χ4n) is 3.68. The molecule has 1 saturated heterocycles. The third-order valence-corrected chi connectivity index (χ3v) is 5.12. The molecule has 0 radical (unpaired) electrons. The van der Waals surface area contributed by atoms with E-state index >= 15 is 0 Å². The topological polar surface area (TPSA) is 36.0 Å².